The summed E-state index contributed by atoms with van der Waals surface area (Å²) in [5.41, 5.74) is 2.16. The fourth-order valence-corrected chi connectivity index (χ4v) is 2.81. The topological polar surface area (TPSA) is 77.3 Å². The van der Waals surface area contributed by atoms with Gasteiger partial charge in [0.1, 0.15) is 0 Å². The smallest absolute Gasteiger partial charge is 0.311 e. The molecule has 122 valence electrons. The van der Waals surface area contributed by atoms with Crippen LogP contribution < -0.4 is 10.1 Å². The van der Waals surface area contributed by atoms with Crippen LogP contribution in [0.3, 0.4) is 0 Å². The molecule has 0 amide bonds. The zero-order valence-corrected chi connectivity index (χ0v) is 14.4. The van der Waals surface area contributed by atoms with Gasteiger partial charge in [-0.05, 0) is 31.2 Å². The summed E-state index contributed by atoms with van der Waals surface area (Å²) in [4.78, 5) is 15.2. The minimum atomic E-state index is -0.444. The first-order chi connectivity index (χ1) is 11.6. The first kappa shape index (κ1) is 16.2. The first-order valence-corrected chi connectivity index (χ1v) is 8.10. The van der Waals surface area contributed by atoms with Gasteiger partial charge < -0.3 is 10.1 Å². The molecule has 0 unspecified atom stereocenters. The zero-order chi connectivity index (χ0) is 17.1. The molecule has 3 aromatic rings. The fourth-order valence-electron chi connectivity index (χ4n) is 2.41. The SMILES string of the molecule is CCOc1cc2nccc(Nc3cccc(Br)c3)c2cc1[N+](=O)[O-]. The lowest BCUT2D eigenvalue weighted by Crippen LogP contribution is -1.99. The highest BCUT2D eigenvalue weighted by Gasteiger charge is 2.18. The number of pyridine rings is 1. The molecule has 0 saturated heterocycles. The molecular formula is C17H14BrN3O3. The Kier molecular flexibility index (Phi) is 4.61. The van der Waals surface area contributed by atoms with Gasteiger partial charge in [-0.3, -0.25) is 15.1 Å². The molecule has 1 heterocycles. The van der Waals surface area contributed by atoms with Crippen LogP contribution in [0, 0.1) is 10.1 Å². The van der Waals surface area contributed by atoms with E-state index < -0.39 is 4.92 Å². The normalized spacial score (nSPS) is 10.6. The summed E-state index contributed by atoms with van der Waals surface area (Å²) in [6.07, 6.45) is 1.66. The van der Waals surface area contributed by atoms with E-state index in [0.717, 1.165) is 15.8 Å². The van der Waals surface area contributed by atoms with E-state index in [9.17, 15) is 10.1 Å². The number of nitro groups is 1. The summed E-state index contributed by atoms with van der Waals surface area (Å²) < 4.78 is 6.31. The van der Waals surface area contributed by atoms with Crippen LogP contribution in [0.4, 0.5) is 17.1 Å². The molecule has 1 aromatic heterocycles. The molecule has 3 rings (SSSR count). The van der Waals surface area contributed by atoms with Crippen molar-refractivity contribution in [2.75, 3.05) is 11.9 Å². The second kappa shape index (κ2) is 6.84. The molecule has 0 aliphatic heterocycles. The van der Waals surface area contributed by atoms with Gasteiger partial charge in [0.05, 0.1) is 17.0 Å². The van der Waals surface area contributed by atoms with Crippen molar-refractivity contribution in [1.29, 1.82) is 0 Å². The maximum absolute atomic E-state index is 11.3. The van der Waals surface area contributed by atoms with E-state index in [-0.39, 0.29) is 11.4 Å². The Morgan fingerprint density at radius 2 is 2.12 bits per heavy atom. The lowest BCUT2D eigenvalue weighted by molar-refractivity contribution is -0.385. The molecule has 6 nitrogen and oxygen atoms in total. The highest BCUT2D eigenvalue weighted by atomic mass is 79.9. The molecule has 0 aliphatic carbocycles. The summed E-state index contributed by atoms with van der Waals surface area (Å²) >= 11 is 3.42. The molecule has 7 heteroatoms. The number of nitro benzene ring substituents is 1. The van der Waals surface area contributed by atoms with Crippen LogP contribution in [0.2, 0.25) is 0 Å². The molecule has 0 spiro atoms. The van der Waals surface area contributed by atoms with Gasteiger partial charge in [0.15, 0.2) is 5.75 Å². The molecule has 0 aliphatic rings. The molecule has 0 radical (unpaired) electrons. The summed E-state index contributed by atoms with van der Waals surface area (Å²) in [5.74, 6) is 0.224. The predicted octanol–water partition coefficient (Wildman–Crippen LogP) is 5.05. The lowest BCUT2D eigenvalue weighted by Gasteiger charge is -2.11. The molecule has 24 heavy (non-hydrogen) atoms. The Balaban J connectivity index is 2.11. The maximum atomic E-state index is 11.3. The van der Waals surface area contributed by atoms with Gasteiger partial charge in [0.25, 0.3) is 0 Å². The Bertz CT molecular complexity index is 915. The van der Waals surface area contributed by atoms with Crippen molar-refractivity contribution in [3.8, 4) is 5.75 Å². The number of nitrogens with zero attached hydrogens (tertiary/aromatic N) is 2. The van der Waals surface area contributed by atoms with Crippen LogP contribution >= 0.6 is 15.9 Å². The van der Waals surface area contributed by atoms with Crippen LogP contribution in [-0.2, 0) is 0 Å². The lowest BCUT2D eigenvalue weighted by atomic mass is 10.1. The number of anilines is 2. The van der Waals surface area contributed by atoms with Gasteiger partial charge in [-0.2, -0.15) is 0 Å². The first-order valence-electron chi connectivity index (χ1n) is 7.31. The van der Waals surface area contributed by atoms with Crippen molar-refractivity contribution in [3.63, 3.8) is 0 Å². The van der Waals surface area contributed by atoms with E-state index in [1.807, 2.05) is 24.3 Å². The molecule has 0 fully saturated rings. The third-order valence-corrected chi connectivity index (χ3v) is 3.92. The molecule has 0 saturated carbocycles. The quantitative estimate of drug-likeness (QED) is 0.489. The van der Waals surface area contributed by atoms with Crippen molar-refractivity contribution in [3.05, 3.63) is 63.2 Å². The minimum Gasteiger partial charge on any atom is -0.487 e. The number of ether oxygens (including phenoxy) is 1. The van der Waals surface area contributed by atoms with Gasteiger partial charge in [0.2, 0.25) is 0 Å². The van der Waals surface area contributed by atoms with Gasteiger partial charge >= 0.3 is 5.69 Å². The van der Waals surface area contributed by atoms with E-state index >= 15 is 0 Å². The highest BCUT2D eigenvalue weighted by molar-refractivity contribution is 9.10. The van der Waals surface area contributed by atoms with Crippen molar-refractivity contribution in [2.45, 2.75) is 6.92 Å². The van der Waals surface area contributed by atoms with Crippen LogP contribution in [-0.4, -0.2) is 16.5 Å². The summed E-state index contributed by atoms with van der Waals surface area (Å²) in [7, 11) is 0. The number of hydrogen-bond donors (Lipinski definition) is 1. The molecule has 1 N–H and O–H groups in total. The molecule has 0 bridgehead atoms. The molecule has 2 aromatic carbocycles. The Labute approximate surface area is 146 Å². The van der Waals surface area contributed by atoms with Crippen molar-refractivity contribution < 1.29 is 9.66 Å². The number of nitrogens with one attached hydrogen (secondary N) is 1. The van der Waals surface area contributed by atoms with E-state index in [2.05, 4.69) is 26.2 Å². The second-order valence-electron chi connectivity index (χ2n) is 5.02. The average molecular weight is 388 g/mol. The zero-order valence-electron chi connectivity index (χ0n) is 12.8. The average Bonchev–Trinajstić information content (AvgIpc) is 2.54. The van der Waals surface area contributed by atoms with E-state index in [4.69, 9.17) is 4.74 Å². The van der Waals surface area contributed by atoms with E-state index in [0.29, 0.717) is 17.5 Å². The Morgan fingerprint density at radius 1 is 1.29 bits per heavy atom. The second-order valence-corrected chi connectivity index (χ2v) is 5.94. The predicted molar refractivity (Wildman–Crippen MR) is 97.0 cm³/mol. The molecule has 0 atom stereocenters. The number of fused-ring (bicyclic) bond motifs is 1. The third kappa shape index (κ3) is 3.30. The van der Waals surface area contributed by atoms with Gasteiger partial charge in [-0.15, -0.1) is 0 Å². The Hall–Kier alpha value is -2.67. The van der Waals surface area contributed by atoms with Crippen LogP contribution in [0.25, 0.3) is 10.9 Å². The van der Waals surface area contributed by atoms with Crippen LogP contribution in [0.1, 0.15) is 6.92 Å². The van der Waals surface area contributed by atoms with Gasteiger partial charge in [-0.1, -0.05) is 22.0 Å². The fraction of sp³-hybridized carbons (Fsp3) is 0.118. The van der Waals surface area contributed by atoms with Crippen molar-refractivity contribution >= 4 is 43.9 Å². The van der Waals surface area contributed by atoms with E-state index in [1.54, 1.807) is 25.3 Å². The number of benzene rings is 2. The monoisotopic (exact) mass is 387 g/mol. The minimum absolute atomic E-state index is 0.0744. The standard InChI is InChI=1S/C17H14BrN3O3/c1-2-24-17-10-15-13(9-16(17)21(22)23)14(6-7-19-15)20-12-5-3-4-11(18)8-12/h3-10H,2H2,1H3,(H,19,20). The van der Waals surface area contributed by atoms with Crippen LogP contribution in [0.15, 0.2) is 53.1 Å². The third-order valence-electron chi connectivity index (χ3n) is 3.42. The van der Waals surface area contributed by atoms with Crippen LogP contribution in [0.5, 0.6) is 5.75 Å². The number of rotatable bonds is 5. The Morgan fingerprint density at radius 3 is 2.83 bits per heavy atom. The highest BCUT2D eigenvalue weighted by Crippen LogP contribution is 2.35. The molecular weight excluding hydrogens is 374 g/mol. The van der Waals surface area contributed by atoms with Crippen molar-refractivity contribution in [2.24, 2.45) is 0 Å². The van der Waals surface area contributed by atoms with Gasteiger partial charge in [-0.25, -0.2) is 0 Å². The van der Waals surface area contributed by atoms with E-state index in [1.165, 1.54) is 6.07 Å². The van der Waals surface area contributed by atoms with Gasteiger partial charge in [0, 0.05) is 39.6 Å². The number of aromatic nitrogens is 1. The number of halogens is 1. The summed E-state index contributed by atoms with van der Waals surface area (Å²) in [6, 6.07) is 12.6. The largest absolute Gasteiger partial charge is 0.487 e. The maximum Gasteiger partial charge on any atom is 0.311 e. The van der Waals surface area contributed by atoms with Crippen molar-refractivity contribution in [1.82, 2.24) is 4.98 Å². The summed E-state index contributed by atoms with van der Waals surface area (Å²) in [5, 5.41) is 15.3. The summed E-state index contributed by atoms with van der Waals surface area (Å²) in [6.45, 7) is 2.13. The number of hydrogen-bond acceptors (Lipinski definition) is 5.